The molecular formula is C26H25ClN4O2S2. The number of hydrogen-bond donors (Lipinski definition) is 0. The van der Waals surface area contributed by atoms with Gasteiger partial charge >= 0.3 is 0 Å². The molecule has 9 heteroatoms. The first kappa shape index (κ1) is 24.0. The van der Waals surface area contributed by atoms with Gasteiger partial charge in [0, 0.05) is 24.3 Å². The number of thioether (sulfide) groups is 1. The van der Waals surface area contributed by atoms with E-state index < -0.39 is 0 Å². The van der Waals surface area contributed by atoms with Crippen molar-refractivity contribution in [3.8, 4) is 0 Å². The van der Waals surface area contributed by atoms with E-state index in [1.54, 1.807) is 24.4 Å². The molecule has 2 aliphatic rings. The van der Waals surface area contributed by atoms with Crippen LogP contribution in [0.3, 0.4) is 0 Å². The Morgan fingerprint density at radius 3 is 2.57 bits per heavy atom. The summed E-state index contributed by atoms with van der Waals surface area (Å²) in [4.78, 5) is 36.0. The van der Waals surface area contributed by atoms with Gasteiger partial charge in [0.25, 0.3) is 11.5 Å². The Morgan fingerprint density at radius 1 is 1.11 bits per heavy atom. The number of carbonyl (C=O) groups is 1. The summed E-state index contributed by atoms with van der Waals surface area (Å²) in [6, 6.07) is 12.9. The summed E-state index contributed by atoms with van der Waals surface area (Å²) in [6.07, 6.45) is 4.51. The van der Waals surface area contributed by atoms with Crippen molar-refractivity contribution in [1.82, 2.24) is 14.3 Å². The monoisotopic (exact) mass is 524 g/mol. The zero-order valence-electron chi connectivity index (χ0n) is 19.5. The number of hydrogen-bond acceptors (Lipinski definition) is 6. The second-order valence-corrected chi connectivity index (χ2v) is 11.4. The second kappa shape index (κ2) is 9.76. The van der Waals surface area contributed by atoms with E-state index in [1.807, 2.05) is 30.3 Å². The Labute approximate surface area is 218 Å². The number of thiocarbonyl (C=S) groups is 1. The van der Waals surface area contributed by atoms with Crippen LogP contribution < -0.4 is 10.5 Å². The fourth-order valence-corrected chi connectivity index (χ4v) is 6.29. The normalized spacial score (nSPS) is 22.0. The Morgan fingerprint density at radius 2 is 1.83 bits per heavy atom. The Balaban J connectivity index is 1.57. The largest absolute Gasteiger partial charge is 0.355 e. The minimum Gasteiger partial charge on any atom is -0.355 e. The predicted molar refractivity (Wildman–Crippen MR) is 147 cm³/mol. The first-order chi connectivity index (χ1) is 16.8. The lowest BCUT2D eigenvalue weighted by molar-refractivity contribution is -0.122. The van der Waals surface area contributed by atoms with E-state index in [9.17, 15) is 9.59 Å². The van der Waals surface area contributed by atoms with Gasteiger partial charge in [0.15, 0.2) is 0 Å². The van der Waals surface area contributed by atoms with E-state index in [4.69, 9.17) is 28.8 Å². The maximum atomic E-state index is 13.6. The molecule has 180 valence electrons. The fourth-order valence-electron chi connectivity index (χ4n) is 4.86. The number of pyridine rings is 1. The van der Waals surface area contributed by atoms with Crippen LogP contribution in [-0.2, 0) is 11.3 Å². The highest BCUT2D eigenvalue weighted by Crippen LogP contribution is 2.36. The van der Waals surface area contributed by atoms with Crippen LogP contribution in [-0.4, -0.2) is 37.6 Å². The molecule has 0 unspecified atom stereocenters. The number of amides is 1. The molecule has 4 heterocycles. The lowest BCUT2D eigenvalue weighted by Crippen LogP contribution is -2.40. The fraction of sp³-hybridized carbons (Fsp3) is 0.308. The maximum absolute atomic E-state index is 13.6. The van der Waals surface area contributed by atoms with E-state index in [-0.39, 0.29) is 18.0 Å². The highest BCUT2D eigenvalue weighted by Gasteiger charge is 2.34. The third-order valence-electron chi connectivity index (χ3n) is 6.35. The number of halogens is 1. The molecule has 0 aliphatic carbocycles. The molecule has 6 nitrogen and oxygen atoms in total. The number of aromatic nitrogens is 2. The zero-order chi connectivity index (χ0) is 24.7. The molecule has 1 amide bonds. The van der Waals surface area contributed by atoms with Crippen LogP contribution in [0.5, 0.6) is 0 Å². The standard InChI is InChI=1S/C26H25ClN4O2S2/c1-16-11-17(2)14-29(13-16)23-19(24(32)30-10-6-5-9-22(30)28-23)12-21-25(33)31(26(34)35-21)15-18-7-3-4-8-20(18)27/h3-10,12,16-17H,11,13-15H2,1-2H3/b21-12-/t16-,17-/m1/s1. The number of fused-ring (bicyclic) bond motifs is 1. The minimum absolute atomic E-state index is 0.201. The zero-order valence-corrected chi connectivity index (χ0v) is 21.9. The van der Waals surface area contributed by atoms with Crippen molar-refractivity contribution in [2.24, 2.45) is 11.8 Å². The molecule has 2 atom stereocenters. The van der Waals surface area contributed by atoms with Gasteiger partial charge in [-0.05, 0) is 48.1 Å². The van der Waals surface area contributed by atoms with Crippen molar-refractivity contribution in [3.63, 3.8) is 0 Å². The van der Waals surface area contributed by atoms with E-state index in [2.05, 4.69) is 18.7 Å². The molecule has 0 bridgehead atoms. The van der Waals surface area contributed by atoms with Crippen LogP contribution in [0, 0.1) is 11.8 Å². The molecule has 0 spiro atoms. The van der Waals surface area contributed by atoms with Gasteiger partial charge in [0.1, 0.15) is 15.8 Å². The van der Waals surface area contributed by atoms with Crippen molar-refractivity contribution in [1.29, 1.82) is 0 Å². The van der Waals surface area contributed by atoms with E-state index >= 15 is 0 Å². The molecular weight excluding hydrogens is 500 g/mol. The van der Waals surface area contributed by atoms with Gasteiger partial charge < -0.3 is 4.90 Å². The summed E-state index contributed by atoms with van der Waals surface area (Å²) < 4.78 is 1.97. The SMILES string of the molecule is C[C@@H]1C[C@@H](C)CN(c2nc3ccccn3c(=O)c2/C=C2\SC(=S)N(Cc3ccccc3Cl)C2=O)C1. The maximum Gasteiger partial charge on any atom is 0.267 e. The van der Waals surface area contributed by atoms with Crippen LogP contribution >= 0.6 is 35.6 Å². The number of anilines is 1. The summed E-state index contributed by atoms with van der Waals surface area (Å²) in [6.45, 7) is 6.35. The van der Waals surface area contributed by atoms with Gasteiger partial charge in [0.2, 0.25) is 0 Å². The van der Waals surface area contributed by atoms with Gasteiger partial charge in [0.05, 0.1) is 17.0 Å². The molecule has 5 rings (SSSR count). The van der Waals surface area contributed by atoms with E-state index in [0.29, 0.717) is 43.1 Å². The lowest BCUT2D eigenvalue weighted by atomic mass is 9.91. The summed E-state index contributed by atoms with van der Waals surface area (Å²) in [5, 5.41) is 0.582. The molecule has 2 saturated heterocycles. The molecule has 0 N–H and O–H groups in total. The van der Waals surface area contributed by atoms with Gasteiger partial charge in [-0.15, -0.1) is 0 Å². The number of rotatable bonds is 4. The smallest absolute Gasteiger partial charge is 0.267 e. The first-order valence-electron chi connectivity index (χ1n) is 11.6. The third-order valence-corrected chi connectivity index (χ3v) is 8.10. The minimum atomic E-state index is -0.233. The lowest BCUT2D eigenvalue weighted by Gasteiger charge is -2.36. The van der Waals surface area contributed by atoms with Crippen LogP contribution in [0.15, 0.2) is 58.4 Å². The summed E-state index contributed by atoms with van der Waals surface area (Å²) in [5.74, 6) is 1.35. The van der Waals surface area contributed by atoms with Gasteiger partial charge in [-0.2, -0.15) is 0 Å². The molecule has 0 saturated carbocycles. The predicted octanol–water partition coefficient (Wildman–Crippen LogP) is 5.23. The number of benzene rings is 1. The Hall–Kier alpha value is -2.68. The van der Waals surface area contributed by atoms with Crippen molar-refractivity contribution in [2.45, 2.75) is 26.8 Å². The number of nitrogens with zero attached hydrogens (tertiary/aromatic N) is 4. The van der Waals surface area contributed by atoms with Crippen LogP contribution in [0.25, 0.3) is 11.7 Å². The highest BCUT2D eigenvalue weighted by atomic mass is 35.5. The van der Waals surface area contributed by atoms with Gasteiger partial charge in [-0.25, -0.2) is 4.98 Å². The van der Waals surface area contributed by atoms with E-state index in [0.717, 1.165) is 25.1 Å². The quantitative estimate of drug-likeness (QED) is 0.344. The average molecular weight is 525 g/mol. The van der Waals surface area contributed by atoms with Crippen LogP contribution in [0.2, 0.25) is 5.02 Å². The first-order valence-corrected chi connectivity index (χ1v) is 13.2. The van der Waals surface area contributed by atoms with Crippen LogP contribution in [0.1, 0.15) is 31.4 Å². The Kier molecular flexibility index (Phi) is 6.70. The molecule has 2 fully saturated rings. The molecule has 1 aromatic carbocycles. The average Bonchev–Trinajstić information content (AvgIpc) is 3.09. The molecule has 2 aliphatic heterocycles. The number of piperidine rings is 1. The van der Waals surface area contributed by atoms with Crippen molar-refractivity contribution < 1.29 is 4.79 Å². The topological polar surface area (TPSA) is 57.9 Å². The van der Waals surface area contributed by atoms with Gasteiger partial charge in [-0.3, -0.25) is 18.9 Å². The van der Waals surface area contributed by atoms with Crippen LogP contribution in [0.4, 0.5) is 5.82 Å². The van der Waals surface area contributed by atoms with E-state index in [1.165, 1.54) is 21.1 Å². The molecule has 2 aromatic heterocycles. The Bertz CT molecular complexity index is 1410. The summed E-state index contributed by atoms with van der Waals surface area (Å²) in [5.41, 5.74) is 1.61. The molecule has 35 heavy (non-hydrogen) atoms. The summed E-state index contributed by atoms with van der Waals surface area (Å²) >= 11 is 13.0. The molecule has 3 aromatic rings. The molecule has 0 radical (unpaired) electrons. The second-order valence-electron chi connectivity index (χ2n) is 9.29. The van der Waals surface area contributed by atoms with Crippen molar-refractivity contribution in [2.75, 3.05) is 18.0 Å². The highest BCUT2D eigenvalue weighted by molar-refractivity contribution is 8.26. The van der Waals surface area contributed by atoms with Gasteiger partial charge in [-0.1, -0.05) is 73.7 Å². The van der Waals surface area contributed by atoms with Crippen molar-refractivity contribution in [3.05, 3.63) is 80.1 Å². The third kappa shape index (κ3) is 4.75. The number of carbonyl (C=O) groups excluding carboxylic acids is 1. The van der Waals surface area contributed by atoms with Crippen molar-refractivity contribution >= 4 is 63.3 Å². The summed E-state index contributed by atoms with van der Waals surface area (Å²) in [7, 11) is 0.